The van der Waals surface area contributed by atoms with Gasteiger partial charge in [0.25, 0.3) is 5.91 Å². The zero-order valence-electron chi connectivity index (χ0n) is 12.3. The zero-order valence-corrected chi connectivity index (χ0v) is 12.3. The van der Waals surface area contributed by atoms with E-state index >= 15 is 0 Å². The van der Waals surface area contributed by atoms with Crippen LogP contribution in [0, 0.1) is 0 Å². The minimum absolute atomic E-state index is 0.121. The predicted molar refractivity (Wildman–Crippen MR) is 82.2 cm³/mol. The Kier molecular flexibility index (Phi) is 4.48. The van der Waals surface area contributed by atoms with Crippen LogP contribution in [0.4, 0.5) is 5.82 Å². The molecule has 3 rings (SSSR count). The van der Waals surface area contributed by atoms with Gasteiger partial charge in [-0.05, 0) is 44.9 Å². The fourth-order valence-corrected chi connectivity index (χ4v) is 2.51. The SMILES string of the molecule is O=C(NC1CC1)c1cnc(NCCC2=CCCCC2)cn1. The van der Waals surface area contributed by atoms with Crippen molar-refractivity contribution < 1.29 is 4.79 Å². The maximum atomic E-state index is 11.8. The van der Waals surface area contributed by atoms with Gasteiger partial charge in [0.05, 0.1) is 12.4 Å². The molecule has 5 heteroatoms. The van der Waals surface area contributed by atoms with Gasteiger partial charge in [0, 0.05) is 12.6 Å². The van der Waals surface area contributed by atoms with Crippen molar-refractivity contribution in [3.8, 4) is 0 Å². The lowest BCUT2D eigenvalue weighted by Crippen LogP contribution is -2.26. The largest absolute Gasteiger partial charge is 0.368 e. The smallest absolute Gasteiger partial charge is 0.271 e. The van der Waals surface area contributed by atoms with Crippen LogP contribution in [-0.2, 0) is 0 Å². The van der Waals surface area contributed by atoms with Crippen LogP contribution in [-0.4, -0.2) is 28.5 Å². The van der Waals surface area contributed by atoms with Gasteiger partial charge in [-0.15, -0.1) is 0 Å². The first-order valence-corrected chi connectivity index (χ1v) is 7.86. The molecule has 1 aromatic rings. The molecule has 0 atom stereocenters. The summed E-state index contributed by atoms with van der Waals surface area (Å²) in [6, 6.07) is 0.348. The van der Waals surface area contributed by atoms with E-state index in [1.807, 2.05) is 0 Å². The van der Waals surface area contributed by atoms with Crippen LogP contribution in [0.25, 0.3) is 0 Å². The number of anilines is 1. The highest BCUT2D eigenvalue weighted by molar-refractivity contribution is 5.92. The molecule has 0 radical (unpaired) electrons. The van der Waals surface area contributed by atoms with Crippen LogP contribution in [0.5, 0.6) is 0 Å². The zero-order chi connectivity index (χ0) is 14.5. The lowest BCUT2D eigenvalue weighted by Gasteiger charge is -2.13. The molecule has 0 unspecified atom stereocenters. The van der Waals surface area contributed by atoms with E-state index in [4.69, 9.17) is 0 Å². The highest BCUT2D eigenvalue weighted by Crippen LogP contribution is 2.20. The van der Waals surface area contributed by atoms with Crippen molar-refractivity contribution in [1.82, 2.24) is 15.3 Å². The number of rotatable bonds is 6. The topological polar surface area (TPSA) is 66.9 Å². The number of amides is 1. The molecular weight excluding hydrogens is 264 g/mol. The van der Waals surface area contributed by atoms with Crippen molar-refractivity contribution in [2.45, 2.75) is 51.0 Å². The van der Waals surface area contributed by atoms with Gasteiger partial charge in [0.1, 0.15) is 11.5 Å². The average molecular weight is 286 g/mol. The van der Waals surface area contributed by atoms with Crippen LogP contribution >= 0.6 is 0 Å². The Morgan fingerprint density at radius 3 is 2.81 bits per heavy atom. The summed E-state index contributed by atoms with van der Waals surface area (Å²) in [4.78, 5) is 20.2. The van der Waals surface area contributed by atoms with Crippen molar-refractivity contribution in [3.63, 3.8) is 0 Å². The standard InChI is InChI=1S/C16H22N4O/c21-16(20-13-6-7-13)14-10-19-15(11-18-14)17-9-8-12-4-2-1-3-5-12/h4,10-11,13H,1-3,5-9H2,(H,17,19)(H,20,21). The quantitative estimate of drug-likeness (QED) is 0.789. The fraction of sp³-hybridized carbons (Fsp3) is 0.562. The summed E-state index contributed by atoms with van der Waals surface area (Å²) in [5.41, 5.74) is 1.93. The van der Waals surface area contributed by atoms with Gasteiger partial charge in [-0.2, -0.15) is 0 Å². The summed E-state index contributed by atoms with van der Waals surface area (Å²) in [5.74, 6) is 0.610. The first-order valence-electron chi connectivity index (χ1n) is 7.86. The summed E-state index contributed by atoms with van der Waals surface area (Å²) in [7, 11) is 0. The molecule has 2 aliphatic rings. The van der Waals surface area contributed by atoms with E-state index in [2.05, 4.69) is 26.7 Å². The number of nitrogens with one attached hydrogen (secondary N) is 2. The number of aromatic nitrogens is 2. The highest BCUT2D eigenvalue weighted by atomic mass is 16.2. The van der Waals surface area contributed by atoms with Gasteiger partial charge in [0.2, 0.25) is 0 Å². The maximum Gasteiger partial charge on any atom is 0.271 e. The maximum absolute atomic E-state index is 11.8. The molecule has 1 amide bonds. The Balaban J connectivity index is 1.45. The lowest BCUT2D eigenvalue weighted by atomic mass is 9.97. The summed E-state index contributed by atoms with van der Waals surface area (Å²) in [6.07, 6.45) is 13.9. The molecule has 0 aliphatic heterocycles. The summed E-state index contributed by atoms with van der Waals surface area (Å²) >= 11 is 0. The Labute approximate surface area is 125 Å². The van der Waals surface area contributed by atoms with Crippen molar-refractivity contribution >= 4 is 11.7 Å². The summed E-state index contributed by atoms with van der Waals surface area (Å²) in [5, 5.41) is 6.17. The van der Waals surface area contributed by atoms with Gasteiger partial charge in [-0.3, -0.25) is 4.79 Å². The molecule has 112 valence electrons. The molecule has 5 nitrogen and oxygen atoms in total. The molecule has 2 aliphatic carbocycles. The Morgan fingerprint density at radius 2 is 2.14 bits per heavy atom. The van der Waals surface area contributed by atoms with E-state index in [0.717, 1.165) is 31.6 Å². The second-order valence-electron chi connectivity index (χ2n) is 5.82. The Hall–Kier alpha value is -1.91. The summed E-state index contributed by atoms with van der Waals surface area (Å²) < 4.78 is 0. The number of carbonyl (C=O) groups is 1. The van der Waals surface area contributed by atoms with Crippen molar-refractivity contribution in [2.24, 2.45) is 0 Å². The second-order valence-corrected chi connectivity index (χ2v) is 5.82. The lowest BCUT2D eigenvalue weighted by molar-refractivity contribution is 0.0945. The fourth-order valence-electron chi connectivity index (χ4n) is 2.51. The summed E-state index contributed by atoms with van der Waals surface area (Å²) in [6.45, 7) is 0.869. The molecule has 0 bridgehead atoms. The normalized spacial score (nSPS) is 18.0. The van der Waals surface area contributed by atoms with Gasteiger partial charge < -0.3 is 10.6 Å². The van der Waals surface area contributed by atoms with Gasteiger partial charge >= 0.3 is 0 Å². The monoisotopic (exact) mass is 286 g/mol. The van der Waals surface area contributed by atoms with Gasteiger partial charge in [-0.1, -0.05) is 11.6 Å². The first kappa shape index (κ1) is 14.0. The van der Waals surface area contributed by atoms with Crippen LogP contribution < -0.4 is 10.6 Å². The number of hydrogen-bond acceptors (Lipinski definition) is 4. The molecule has 21 heavy (non-hydrogen) atoms. The van der Waals surface area contributed by atoms with Crippen LogP contribution in [0.1, 0.15) is 55.4 Å². The van der Waals surface area contributed by atoms with Crippen molar-refractivity contribution in [3.05, 3.63) is 29.7 Å². The van der Waals surface area contributed by atoms with E-state index in [0.29, 0.717) is 11.7 Å². The van der Waals surface area contributed by atoms with Crippen LogP contribution in [0.3, 0.4) is 0 Å². The molecule has 0 saturated heterocycles. The number of allylic oxidation sites excluding steroid dienone is 1. The molecular formula is C16H22N4O. The minimum Gasteiger partial charge on any atom is -0.368 e. The van der Waals surface area contributed by atoms with Crippen LogP contribution in [0.15, 0.2) is 24.0 Å². The number of hydrogen-bond donors (Lipinski definition) is 2. The highest BCUT2D eigenvalue weighted by Gasteiger charge is 2.24. The third kappa shape index (κ3) is 4.28. The van der Waals surface area contributed by atoms with E-state index in [1.165, 1.54) is 25.7 Å². The molecule has 0 spiro atoms. The van der Waals surface area contributed by atoms with E-state index < -0.39 is 0 Å². The van der Waals surface area contributed by atoms with Gasteiger partial charge in [0.15, 0.2) is 0 Å². The van der Waals surface area contributed by atoms with Crippen LogP contribution in [0.2, 0.25) is 0 Å². The van der Waals surface area contributed by atoms with E-state index in [-0.39, 0.29) is 5.91 Å². The van der Waals surface area contributed by atoms with Crippen molar-refractivity contribution in [2.75, 3.05) is 11.9 Å². The molecule has 1 heterocycles. The first-order chi connectivity index (χ1) is 10.3. The number of nitrogens with zero attached hydrogens (tertiary/aromatic N) is 2. The van der Waals surface area contributed by atoms with E-state index in [9.17, 15) is 4.79 Å². The molecule has 2 N–H and O–H groups in total. The van der Waals surface area contributed by atoms with Gasteiger partial charge in [-0.25, -0.2) is 9.97 Å². The predicted octanol–water partition coefficient (Wildman–Crippen LogP) is 2.67. The Bertz CT molecular complexity index is 520. The Morgan fingerprint density at radius 1 is 1.24 bits per heavy atom. The average Bonchev–Trinajstić information content (AvgIpc) is 3.33. The minimum atomic E-state index is -0.121. The third-order valence-corrected chi connectivity index (χ3v) is 3.93. The molecule has 1 fully saturated rings. The third-order valence-electron chi connectivity index (χ3n) is 3.93. The molecule has 1 saturated carbocycles. The van der Waals surface area contributed by atoms with Crippen molar-refractivity contribution in [1.29, 1.82) is 0 Å². The number of carbonyl (C=O) groups excluding carboxylic acids is 1. The van der Waals surface area contributed by atoms with E-state index in [1.54, 1.807) is 18.0 Å². The second kappa shape index (κ2) is 6.70. The molecule has 1 aromatic heterocycles. The molecule has 0 aromatic carbocycles.